The van der Waals surface area contributed by atoms with E-state index in [0.717, 1.165) is 34.4 Å². The fraction of sp³-hybridized carbons (Fsp3) is 0.636. The van der Waals surface area contributed by atoms with Gasteiger partial charge in [-0.05, 0) is 40.8 Å². The van der Waals surface area contributed by atoms with Gasteiger partial charge < -0.3 is 4.90 Å². The summed E-state index contributed by atoms with van der Waals surface area (Å²) < 4.78 is 1.09. The summed E-state index contributed by atoms with van der Waals surface area (Å²) in [5, 5.41) is 0. The molecule has 0 bridgehead atoms. The minimum absolute atomic E-state index is 0.738. The number of hydrogen-bond donors (Lipinski definition) is 0. The van der Waals surface area contributed by atoms with Crippen LogP contribution in [0.3, 0.4) is 0 Å². The Bertz CT molecular complexity index is 325. The predicted octanol–water partition coefficient (Wildman–Crippen LogP) is 2.56. The molecule has 2 heterocycles. The van der Waals surface area contributed by atoms with Crippen molar-refractivity contribution in [2.24, 2.45) is 11.8 Å². The van der Waals surface area contributed by atoms with Gasteiger partial charge in [0.15, 0.2) is 0 Å². The zero-order valence-electron chi connectivity index (χ0n) is 9.15. The number of aromatic nitrogens is 2. The molecule has 15 heavy (non-hydrogen) atoms. The summed E-state index contributed by atoms with van der Waals surface area (Å²) in [6.45, 7) is 6.81. The summed E-state index contributed by atoms with van der Waals surface area (Å²) in [6, 6.07) is 0. The quantitative estimate of drug-likeness (QED) is 0.746. The second-order valence-corrected chi connectivity index (χ2v) is 5.64. The van der Waals surface area contributed by atoms with Gasteiger partial charge in [0, 0.05) is 29.1 Å². The van der Waals surface area contributed by atoms with Gasteiger partial charge in [0.05, 0.1) is 0 Å². The molecule has 82 valence electrons. The smallest absolute Gasteiger partial charge is 0.225 e. The molecule has 3 nitrogen and oxygen atoms in total. The van der Waals surface area contributed by atoms with Gasteiger partial charge in [-0.3, -0.25) is 0 Å². The molecule has 1 fully saturated rings. The monoisotopic (exact) mass is 317 g/mol. The van der Waals surface area contributed by atoms with Crippen molar-refractivity contribution in [1.29, 1.82) is 0 Å². The van der Waals surface area contributed by atoms with E-state index in [9.17, 15) is 0 Å². The van der Waals surface area contributed by atoms with Crippen molar-refractivity contribution < 1.29 is 0 Å². The first-order valence-electron chi connectivity index (χ1n) is 5.39. The molecule has 1 saturated heterocycles. The molecule has 1 aliphatic rings. The summed E-state index contributed by atoms with van der Waals surface area (Å²) in [4.78, 5) is 11.0. The second kappa shape index (κ2) is 4.63. The van der Waals surface area contributed by atoms with E-state index in [4.69, 9.17) is 0 Å². The van der Waals surface area contributed by atoms with Crippen molar-refractivity contribution in [1.82, 2.24) is 9.97 Å². The molecule has 0 saturated carbocycles. The van der Waals surface area contributed by atoms with Crippen molar-refractivity contribution in [3.63, 3.8) is 0 Å². The largest absolute Gasteiger partial charge is 0.341 e. The van der Waals surface area contributed by atoms with Gasteiger partial charge in [-0.2, -0.15) is 0 Å². The molecular formula is C11H16IN3. The van der Waals surface area contributed by atoms with Gasteiger partial charge in [-0.1, -0.05) is 13.8 Å². The molecule has 0 radical (unpaired) electrons. The molecule has 0 amide bonds. The van der Waals surface area contributed by atoms with Gasteiger partial charge >= 0.3 is 0 Å². The van der Waals surface area contributed by atoms with E-state index in [1.165, 1.54) is 6.42 Å². The highest BCUT2D eigenvalue weighted by atomic mass is 127. The van der Waals surface area contributed by atoms with E-state index < -0.39 is 0 Å². The molecule has 2 atom stereocenters. The topological polar surface area (TPSA) is 29.0 Å². The summed E-state index contributed by atoms with van der Waals surface area (Å²) in [7, 11) is 0. The lowest BCUT2D eigenvalue weighted by Crippen LogP contribution is -2.39. The Morgan fingerprint density at radius 2 is 1.93 bits per heavy atom. The van der Waals surface area contributed by atoms with Crippen molar-refractivity contribution in [3.05, 3.63) is 16.0 Å². The molecule has 1 aliphatic heterocycles. The maximum absolute atomic E-state index is 4.37. The lowest BCUT2D eigenvalue weighted by Gasteiger charge is -2.35. The molecule has 0 spiro atoms. The number of rotatable bonds is 1. The van der Waals surface area contributed by atoms with Crippen LogP contribution in [0.4, 0.5) is 5.95 Å². The van der Waals surface area contributed by atoms with Crippen LogP contribution < -0.4 is 4.90 Å². The summed E-state index contributed by atoms with van der Waals surface area (Å²) in [5.74, 6) is 2.45. The first-order chi connectivity index (χ1) is 7.16. The minimum atomic E-state index is 0.738. The number of piperidine rings is 1. The van der Waals surface area contributed by atoms with E-state index >= 15 is 0 Å². The highest BCUT2D eigenvalue weighted by Gasteiger charge is 2.23. The normalized spacial score (nSPS) is 26.7. The standard InChI is InChI=1S/C11H16IN3/c1-8-3-4-15(7-9(8)2)11-13-5-10(12)6-14-11/h5-6,8-9H,3-4,7H2,1-2H3. The van der Waals surface area contributed by atoms with Crippen LogP contribution in [0, 0.1) is 15.4 Å². The highest BCUT2D eigenvalue weighted by molar-refractivity contribution is 14.1. The van der Waals surface area contributed by atoms with Crippen molar-refractivity contribution >= 4 is 28.5 Å². The van der Waals surface area contributed by atoms with Gasteiger partial charge in [0.2, 0.25) is 5.95 Å². The Balaban J connectivity index is 2.08. The lowest BCUT2D eigenvalue weighted by molar-refractivity contribution is 0.321. The number of anilines is 1. The molecule has 0 aromatic carbocycles. The Morgan fingerprint density at radius 1 is 1.27 bits per heavy atom. The molecule has 0 aliphatic carbocycles. The minimum Gasteiger partial charge on any atom is -0.341 e. The Kier molecular flexibility index (Phi) is 3.43. The lowest BCUT2D eigenvalue weighted by atomic mass is 9.89. The maximum Gasteiger partial charge on any atom is 0.225 e. The van der Waals surface area contributed by atoms with Crippen molar-refractivity contribution in [3.8, 4) is 0 Å². The van der Waals surface area contributed by atoms with Crippen LogP contribution in [-0.2, 0) is 0 Å². The fourth-order valence-electron chi connectivity index (χ4n) is 1.91. The molecule has 0 N–H and O–H groups in total. The second-order valence-electron chi connectivity index (χ2n) is 4.39. The third kappa shape index (κ3) is 2.59. The fourth-order valence-corrected chi connectivity index (χ4v) is 2.19. The van der Waals surface area contributed by atoms with Crippen LogP contribution >= 0.6 is 22.6 Å². The number of halogens is 1. The van der Waals surface area contributed by atoms with Crippen molar-refractivity contribution in [2.45, 2.75) is 20.3 Å². The molecular weight excluding hydrogens is 301 g/mol. The van der Waals surface area contributed by atoms with Crippen LogP contribution in [-0.4, -0.2) is 23.1 Å². The zero-order chi connectivity index (χ0) is 10.8. The number of hydrogen-bond acceptors (Lipinski definition) is 3. The molecule has 4 heteroatoms. The maximum atomic E-state index is 4.37. The average molecular weight is 317 g/mol. The van der Waals surface area contributed by atoms with Crippen LogP contribution in [0.25, 0.3) is 0 Å². The summed E-state index contributed by atoms with van der Waals surface area (Å²) >= 11 is 2.23. The van der Waals surface area contributed by atoms with E-state index in [0.29, 0.717) is 0 Å². The van der Waals surface area contributed by atoms with Crippen LogP contribution in [0.1, 0.15) is 20.3 Å². The Hall–Kier alpha value is -0.390. The SMILES string of the molecule is CC1CCN(c2ncc(I)cn2)CC1C. The van der Waals surface area contributed by atoms with E-state index in [2.05, 4.69) is 51.3 Å². The van der Waals surface area contributed by atoms with E-state index in [1.807, 2.05) is 12.4 Å². The van der Waals surface area contributed by atoms with Gasteiger partial charge in [0.25, 0.3) is 0 Å². The summed E-state index contributed by atoms with van der Waals surface area (Å²) in [6.07, 6.45) is 5.01. The molecule has 1 aromatic heterocycles. The zero-order valence-corrected chi connectivity index (χ0v) is 11.3. The van der Waals surface area contributed by atoms with Gasteiger partial charge in [0.1, 0.15) is 0 Å². The van der Waals surface area contributed by atoms with Crippen molar-refractivity contribution in [2.75, 3.05) is 18.0 Å². The Labute approximate surface area is 104 Å². The molecule has 2 rings (SSSR count). The predicted molar refractivity (Wildman–Crippen MR) is 69.9 cm³/mol. The Morgan fingerprint density at radius 3 is 2.53 bits per heavy atom. The molecule has 1 aromatic rings. The van der Waals surface area contributed by atoms with E-state index in [1.54, 1.807) is 0 Å². The van der Waals surface area contributed by atoms with Gasteiger partial charge in [-0.15, -0.1) is 0 Å². The first-order valence-corrected chi connectivity index (χ1v) is 6.47. The number of nitrogens with zero attached hydrogens (tertiary/aromatic N) is 3. The van der Waals surface area contributed by atoms with Crippen LogP contribution in [0.2, 0.25) is 0 Å². The molecule has 2 unspecified atom stereocenters. The third-order valence-electron chi connectivity index (χ3n) is 3.22. The average Bonchev–Trinajstić information content (AvgIpc) is 2.23. The van der Waals surface area contributed by atoms with Crippen LogP contribution in [0.15, 0.2) is 12.4 Å². The summed E-state index contributed by atoms with van der Waals surface area (Å²) in [5.41, 5.74) is 0. The van der Waals surface area contributed by atoms with Crippen LogP contribution in [0.5, 0.6) is 0 Å². The van der Waals surface area contributed by atoms with Gasteiger partial charge in [-0.25, -0.2) is 9.97 Å². The first kappa shape index (κ1) is 11.1. The van der Waals surface area contributed by atoms with E-state index in [-0.39, 0.29) is 0 Å². The highest BCUT2D eigenvalue weighted by Crippen LogP contribution is 2.24. The third-order valence-corrected chi connectivity index (χ3v) is 3.78.